The van der Waals surface area contributed by atoms with Crippen LogP contribution in [0.4, 0.5) is 5.69 Å². The van der Waals surface area contributed by atoms with Gasteiger partial charge in [-0.15, -0.1) is 0 Å². The summed E-state index contributed by atoms with van der Waals surface area (Å²) in [4.78, 5) is 6.74. The minimum atomic E-state index is 0.824. The van der Waals surface area contributed by atoms with Gasteiger partial charge in [0.25, 0.3) is 0 Å². The highest BCUT2D eigenvalue weighted by Crippen LogP contribution is 2.09. The second-order valence-corrected chi connectivity index (χ2v) is 5.19. The number of hydrogen-bond acceptors (Lipinski definition) is 3. The largest absolute Gasteiger partial charge is 0.399 e. The van der Waals surface area contributed by atoms with E-state index in [4.69, 9.17) is 5.73 Å². The molecule has 0 aliphatic heterocycles. The van der Waals surface area contributed by atoms with Crippen molar-refractivity contribution in [3.63, 3.8) is 0 Å². The van der Waals surface area contributed by atoms with Gasteiger partial charge in [0.1, 0.15) is 5.82 Å². The lowest BCUT2D eigenvalue weighted by molar-refractivity contribution is 0.254. The Bertz CT molecular complexity index is 516. The Hall–Kier alpha value is -1.81. The van der Waals surface area contributed by atoms with Gasteiger partial charge in [-0.2, -0.15) is 0 Å². The van der Waals surface area contributed by atoms with Gasteiger partial charge in [0, 0.05) is 37.7 Å². The van der Waals surface area contributed by atoms with Gasteiger partial charge in [0.05, 0.1) is 0 Å². The highest BCUT2D eigenvalue weighted by molar-refractivity contribution is 5.39. The normalized spacial score (nSPS) is 11.2. The molecule has 0 atom stereocenters. The molecule has 0 radical (unpaired) electrons. The molecule has 0 aliphatic carbocycles. The third-order valence-corrected chi connectivity index (χ3v) is 3.51. The summed E-state index contributed by atoms with van der Waals surface area (Å²) < 4.78 is 2.20. The topological polar surface area (TPSA) is 47.1 Å². The molecule has 1 heterocycles. The summed E-state index contributed by atoms with van der Waals surface area (Å²) in [5.41, 5.74) is 7.87. The van der Waals surface area contributed by atoms with Crippen LogP contribution in [0.25, 0.3) is 0 Å². The van der Waals surface area contributed by atoms with Gasteiger partial charge in [-0.25, -0.2) is 4.98 Å². The SMILES string of the molecule is CCCN(CCn1ccnc1C)Cc1ccc(N)cc1. The van der Waals surface area contributed by atoms with Crippen LogP contribution in [0, 0.1) is 6.92 Å². The van der Waals surface area contributed by atoms with Gasteiger partial charge in [-0.05, 0) is 37.6 Å². The summed E-state index contributed by atoms with van der Waals surface area (Å²) in [5.74, 6) is 1.08. The van der Waals surface area contributed by atoms with E-state index >= 15 is 0 Å². The first-order valence-corrected chi connectivity index (χ1v) is 7.23. The van der Waals surface area contributed by atoms with Gasteiger partial charge in [0.2, 0.25) is 0 Å². The average molecular weight is 272 g/mol. The third kappa shape index (κ3) is 4.10. The van der Waals surface area contributed by atoms with E-state index in [-0.39, 0.29) is 0 Å². The fraction of sp³-hybridized carbons (Fsp3) is 0.438. The van der Waals surface area contributed by atoms with Crippen LogP contribution >= 0.6 is 0 Å². The van der Waals surface area contributed by atoms with Gasteiger partial charge in [-0.3, -0.25) is 4.90 Å². The Morgan fingerprint density at radius 1 is 1.20 bits per heavy atom. The maximum absolute atomic E-state index is 5.73. The average Bonchev–Trinajstić information content (AvgIpc) is 2.84. The number of rotatable bonds is 7. The second kappa shape index (κ2) is 7.10. The lowest BCUT2D eigenvalue weighted by atomic mass is 10.2. The van der Waals surface area contributed by atoms with E-state index < -0.39 is 0 Å². The Kier molecular flexibility index (Phi) is 5.18. The standard InChI is InChI=1S/C16H24N4/c1-3-9-19(11-12-20-10-8-18-14(20)2)13-15-4-6-16(17)7-5-15/h4-8,10H,3,9,11-13,17H2,1-2H3. The van der Waals surface area contributed by atoms with Crippen LogP contribution in [0.15, 0.2) is 36.7 Å². The van der Waals surface area contributed by atoms with Crippen LogP contribution in [-0.2, 0) is 13.1 Å². The molecule has 0 saturated carbocycles. The molecule has 2 aromatic rings. The first-order valence-electron chi connectivity index (χ1n) is 7.23. The van der Waals surface area contributed by atoms with E-state index in [0.717, 1.165) is 44.1 Å². The molecule has 108 valence electrons. The number of nitrogen functional groups attached to an aromatic ring is 1. The van der Waals surface area contributed by atoms with E-state index in [1.54, 1.807) is 0 Å². The second-order valence-electron chi connectivity index (χ2n) is 5.19. The summed E-state index contributed by atoms with van der Waals surface area (Å²) in [6, 6.07) is 8.17. The van der Waals surface area contributed by atoms with E-state index in [9.17, 15) is 0 Å². The van der Waals surface area contributed by atoms with Crippen molar-refractivity contribution in [3.8, 4) is 0 Å². The molecule has 1 aromatic heterocycles. The van der Waals surface area contributed by atoms with E-state index in [1.807, 2.05) is 31.5 Å². The van der Waals surface area contributed by atoms with Crippen LogP contribution in [0.2, 0.25) is 0 Å². The van der Waals surface area contributed by atoms with Gasteiger partial charge < -0.3 is 10.3 Å². The molecule has 20 heavy (non-hydrogen) atoms. The first kappa shape index (κ1) is 14.6. The number of benzene rings is 1. The maximum Gasteiger partial charge on any atom is 0.105 e. The number of nitrogens with two attached hydrogens (primary N) is 1. The summed E-state index contributed by atoms with van der Waals surface area (Å²) in [6.07, 6.45) is 5.07. The molecule has 0 amide bonds. The predicted octanol–water partition coefficient (Wildman–Crippen LogP) is 2.69. The number of hydrogen-bond donors (Lipinski definition) is 1. The van der Waals surface area contributed by atoms with Crippen molar-refractivity contribution in [2.45, 2.75) is 33.4 Å². The molecule has 2 rings (SSSR count). The number of aromatic nitrogens is 2. The van der Waals surface area contributed by atoms with Crippen molar-refractivity contribution in [2.24, 2.45) is 0 Å². The van der Waals surface area contributed by atoms with Crippen molar-refractivity contribution < 1.29 is 0 Å². The molecular weight excluding hydrogens is 248 g/mol. The molecule has 0 spiro atoms. The predicted molar refractivity (Wildman–Crippen MR) is 83.4 cm³/mol. The van der Waals surface area contributed by atoms with E-state index in [2.05, 4.69) is 33.5 Å². The highest BCUT2D eigenvalue weighted by Gasteiger charge is 2.06. The summed E-state index contributed by atoms with van der Waals surface area (Å²) in [6.45, 7) is 8.37. The quantitative estimate of drug-likeness (QED) is 0.788. The maximum atomic E-state index is 5.73. The molecule has 0 bridgehead atoms. The summed E-state index contributed by atoms with van der Waals surface area (Å²) in [5, 5.41) is 0. The number of nitrogens with zero attached hydrogens (tertiary/aromatic N) is 3. The van der Waals surface area contributed by atoms with Gasteiger partial charge >= 0.3 is 0 Å². The Labute approximate surface area is 121 Å². The summed E-state index contributed by atoms with van der Waals surface area (Å²) >= 11 is 0. The molecule has 2 N–H and O–H groups in total. The fourth-order valence-electron chi connectivity index (χ4n) is 2.36. The Morgan fingerprint density at radius 2 is 1.95 bits per heavy atom. The van der Waals surface area contributed by atoms with Crippen molar-refractivity contribution in [2.75, 3.05) is 18.8 Å². The smallest absolute Gasteiger partial charge is 0.105 e. The zero-order chi connectivity index (χ0) is 14.4. The molecular formula is C16H24N4. The van der Waals surface area contributed by atoms with E-state index in [1.165, 1.54) is 5.56 Å². The molecule has 4 heteroatoms. The van der Waals surface area contributed by atoms with Crippen molar-refractivity contribution in [3.05, 3.63) is 48.0 Å². The minimum absolute atomic E-state index is 0.824. The number of aryl methyl sites for hydroxylation is 1. The van der Waals surface area contributed by atoms with Crippen LogP contribution < -0.4 is 5.73 Å². The summed E-state index contributed by atoms with van der Waals surface area (Å²) in [7, 11) is 0. The lowest BCUT2D eigenvalue weighted by Gasteiger charge is -2.22. The highest BCUT2D eigenvalue weighted by atomic mass is 15.2. The lowest BCUT2D eigenvalue weighted by Crippen LogP contribution is -2.28. The molecule has 0 unspecified atom stereocenters. The Balaban J connectivity index is 1.93. The van der Waals surface area contributed by atoms with Gasteiger partial charge in [0.15, 0.2) is 0 Å². The minimum Gasteiger partial charge on any atom is -0.399 e. The Morgan fingerprint density at radius 3 is 2.55 bits per heavy atom. The van der Waals surface area contributed by atoms with Crippen molar-refractivity contribution >= 4 is 5.69 Å². The molecule has 0 fully saturated rings. The van der Waals surface area contributed by atoms with E-state index in [0.29, 0.717) is 0 Å². The van der Waals surface area contributed by atoms with Crippen molar-refractivity contribution in [1.29, 1.82) is 0 Å². The van der Waals surface area contributed by atoms with Crippen LogP contribution in [-0.4, -0.2) is 27.5 Å². The molecule has 4 nitrogen and oxygen atoms in total. The molecule has 0 aliphatic rings. The fourth-order valence-corrected chi connectivity index (χ4v) is 2.36. The zero-order valence-electron chi connectivity index (χ0n) is 12.4. The van der Waals surface area contributed by atoms with Crippen LogP contribution in [0.1, 0.15) is 24.7 Å². The first-order chi connectivity index (χ1) is 9.69. The number of anilines is 1. The third-order valence-electron chi connectivity index (χ3n) is 3.51. The molecule has 0 saturated heterocycles. The number of imidazole rings is 1. The van der Waals surface area contributed by atoms with Crippen molar-refractivity contribution in [1.82, 2.24) is 14.5 Å². The monoisotopic (exact) mass is 272 g/mol. The van der Waals surface area contributed by atoms with Crippen LogP contribution in [0.5, 0.6) is 0 Å². The van der Waals surface area contributed by atoms with Gasteiger partial charge in [-0.1, -0.05) is 19.1 Å². The zero-order valence-corrected chi connectivity index (χ0v) is 12.4. The van der Waals surface area contributed by atoms with Crippen LogP contribution in [0.3, 0.4) is 0 Å². The molecule has 1 aromatic carbocycles.